The molecule has 0 aliphatic heterocycles. The summed E-state index contributed by atoms with van der Waals surface area (Å²) in [5, 5.41) is 13.5. The molecular weight excluding hydrogens is 333 g/mol. The molecule has 22 heavy (non-hydrogen) atoms. The van der Waals surface area contributed by atoms with Crippen LogP contribution in [-0.2, 0) is 16.1 Å². The number of nitrogens with one attached hydrogen (secondary N) is 2. The zero-order valence-corrected chi connectivity index (χ0v) is 12.9. The van der Waals surface area contributed by atoms with Crippen LogP contribution in [0.4, 0.5) is 16.3 Å². The SMILES string of the molecule is COC(=O)Nc1cnn(CC(=O)Nc2cc(Cl)cc(Cl)c2)n1. The van der Waals surface area contributed by atoms with Crippen LogP contribution in [0.5, 0.6) is 0 Å². The minimum Gasteiger partial charge on any atom is -0.453 e. The molecule has 1 aromatic carbocycles. The Labute approximate surface area is 135 Å². The standard InChI is InChI=1S/C12H11Cl2N5O3/c1-22-12(21)17-10-5-15-19(18-10)6-11(20)16-9-3-7(13)2-8(14)4-9/h2-5H,6H2,1H3,(H,16,20)(H,17,18,21). The van der Waals surface area contributed by atoms with E-state index in [1.165, 1.54) is 13.3 Å². The van der Waals surface area contributed by atoms with Crippen LogP contribution >= 0.6 is 23.2 Å². The molecule has 0 saturated heterocycles. The monoisotopic (exact) mass is 343 g/mol. The van der Waals surface area contributed by atoms with Gasteiger partial charge in [0.25, 0.3) is 0 Å². The molecule has 116 valence electrons. The van der Waals surface area contributed by atoms with Crippen LogP contribution in [0, 0.1) is 0 Å². The van der Waals surface area contributed by atoms with Crippen molar-refractivity contribution in [2.45, 2.75) is 6.54 Å². The van der Waals surface area contributed by atoms with Gasteiger partial charge in [0, 0.05) is 15.7 Å². The van der Waals surface area contributed by atoms with E-state index in [0.717, 1.165) is 4.80 Å². The van der Waals surface area contributed by atoms with Gasteiger partial charge >= 0.3 is 6.09 Å². The summed E-state index contributed by atoms with van der Waals surface area (Å²) in [6.07, 6.45) is 0.616. The molecule has 1 aromatic heterocycles. The number of carbonyl (C=O) groups is 2. The molecule has 2 amide bonds. The lowest BCUT2D eigenvalue weighted by Gasteiger charge is -2.06. The van der Waals surface area contributed by atoms with Gasteiger partial charge in [-0.25, -0.2) is 4.79 Å². The number of hydrogen-bond acceptors (Lipinski definition) is 5. The van der Waals surface area contributed by atoms with Crippen molar-refractivity contribution in [2.75, 3.05) is 17.7 Å². The van der Waals surface area contributed by atoms with Gasteiger partial charge in [-0.2, -0.15) is 9.90 Å². The molecule has 0 saturated carbocycles. The van der Waals surface area contributed by atoms with Crippen LogP contribution in [0.3, 0.4) is 0 Å². The van der Waals surface area contributed by atoms with Crippen molar-refractivity contribution in [1.82, 2.24) is 15.0 Å². The van der Waals surface area contributed by atoms with Crippen LogP contribution in [-0.4, -0.2) is 34.1 Å². The summed E-state index contributed by atoms with van der Waals surface area (Å²) in [7, 11) is 1.23. The molecule has 0 radical (unpaired) electrons. The predicted molar refractivity (Wildman–Crippen MR) is 81.1 cm³/mol. The van der Waals surface area contributed by atoms with Crippen molar-refractivity contribution in [3.05, 3.63) is 34.4 Å². The van der Waals surface area contributed by atoms with Crippen molar-refractivity contribution >= 4 is 46.7 Å². The Kier molecular flexibility index (Phi) is 5.18. The molecule has 2 rings (SSSR count). The molecule has 0 spiro atoms. The number of aromatic nitrogens is 3. The minimum absolute atomic E-state index is 0.146. The van der Waals surface area contributed by atoms with Gasteiger partial charge in [-0.15, -0.1) is 5.10 Å². The fourth-order valence-electron chi connectivity index (χ4n) is 1.54. The van der Waals surface area contributed by atoms with Gasteiger partial charge in [0.15, 0.2) is 5.82 Å². The molecule has 0 unspecified atom stereocenters. The van der Waals surface area contributed by atoms with Crippen LogP contribution < -0.4 is 10.6 Å². The molecule has 0 atom stereocenters. The number of carbonyl (C=O) groups excluding carboxylic acids is 2. The van der Waals surface area contributed by atoms with Gasteiger partial charge in [0.2, 0.25) is 5.91 Å². The number of anilines is 2. The van der Waals surface area contributed by atoms with Gasteiger partial charge in [-0.3, -0.25) is 10.1 Å². The Morgan fingerprint density at radius 1 is 1.23 bits per heavy atom. The first-order valence-electron chi connectivity index (χ1n) is 5.97. The fourth-order valence-corrected chi connectivity index (χ4v) is 2.07. The molecule has 0 aliphatic carbocycles. The van der Waals surface area contributed by atoms with E-state index in [1.54, 1.807) is 18.2 Å². The zero-order chi connectivity index (χ0) is 16.1. The topological polar surface area (TPSA) is 98.1 Å². The summed E-state index contributed by atoms with van der Waals surface area (Å²) in [6, 6.07) is 4.68. The summed E-state index contributed by atoms with van der Waals surface area (Å²) in [4.78, 5) is 24.0. The molecule has 2 N–H and O–H groups in total. The second-order valence-electron chi connectivity index (χ2n) is 4.08. The molecular formula is C12H11Cl2N5O3. The number of halogens is 2. The first kappa shape index (κ1) is 16.1. The maximum atomic E-state index is 11.9. The average molecular weight is 344 g/mol. The number of amides is 2. The lowest BCUT2D eigenvalue weighted by molar-refractivity contribution is -0.117. The second kappa shape index (κ2) is 7.10. The van der Waals surface area contributed by atoms with Crippen LogP contribution in [0.15, 0.2) is 24.4 Å². The maximum absolute atomic E-state index is 11.9. The quantitative estimate of drug-likeness (QED) is 0.888. The average Bonchev–Trinajstić information content (AvgIpc) is 2.84. The molecule has 0 aliphatic rings. The third kappa shape index (κ3) is 4.61. The molecule has 2 aromatic rings. The Morgan fingerprint density at radius 3 is 2.55 bits per heavy atom. The van der Waals surface area contributed by atoms with Crippen LogP contribution in [0.2, 0.25) is 10.0 Å². The highest BCUT2D eigenvalue weighted by molar-refractivity contribution is 6.35. The third-order valence-electron chi connectivity index (χ3n) is 2.38. The normalized spacial score (nSPS) is 10.1. The van der Waals surface area contributed by atoms with Crippen molar-refractivity contribution in [3.8, 4) is 0 Å². The number of methoxy groups -OCH3 is 1. The highest BCUT2D eigenvalue weighted by Crippen LogP contribution is 2.22. The summed E-state index contributed by atoms with van der Waals surface area (Å²) < 4.78 is 4.41. The first-order valence-corrected chi connectivity index (χ1v) is 6.73. The molecule has 1 heterocycles. The third-order valence-corrected chi connectivity index (χ3v) is 2.82. The van der Waals surface area contributed by atoms with E-state index in [-0.39, 0.29) is 18.3 Å². The summed E-state index contributed by atoms with van der Waals surface area (Å²) in [5.74, 6) is -0.205. The molecule has 8 nitrogen and oxygen atoms in total. The zero-order valence-electron chi connectivity index (χ0n) is 11.3. The van der Waals surface area contributed by atoms with E-state index in [0.29, 0.717) is 15.7 Å². The molecule has 0 bridgehead atoms. The van der Waals surface area contributed by atoms with E-state index < -0.39 is 6.09 Å². The Morgan fingerprint density at radius 2 is 1.91 bits per heavy atom. The number of ether oxygens (including phenoxy) is 1. The number of benzene rings is 1. The molecule has 0 fully saturated rings. The highest BCUT2D eigenvalue weighted by atomic mass is 35.5. The minimum atomic E-state index is -0.676. The number of hydrogen-bond donors (Lipinski definition) is 2. The largest absolute Gasteiger partial charge is 0.453 e. The maximum Gasteiger partial charge on any atom is 0.412 e. The van der Waals surface area contributed by atoms with E-state index in [1.807, 2.05) is 0 Å². The van der Waals surface area contributed by atoms with E-state index in [9.17, 15) is 9.59 Å². The Hall–Kier alpha value is -2.32. The van der Waals surface area contributed by atoms with E-state index in [2.05, 4.69) is 25.6 Å². The van der Waals surface area contributed by atoms with E-state index >= 15 is 0 Å². The van der Waals surface area contributed by atoms with Gasteiger partial charge in [-0.1, -0.05) is 23.2 Å². The van der Waals surface area contributed by atoms with Gasteiger partial charge in [0.05, 0.1) is 13.3 Å². The summed E-state index contributed by atoms with van der Waals surface area (Å²) in [5.41, 5.74) is 0.461. The molecule has 10 heteroatoms. The van der Waals surface area contributed by atoms with Crippen molar-refractivity contribution in [3.63, 3.8) is 0 Å². The fraction of sp³-hybridized carbons (Fsp3) is 0.167. The number of nitrogens with zero attached hydrogens (tertiary/aromatic N) is 3. The lowest BCUT2D eigenvalue weighted by atomic mass is 10.3. The van der Waals surface area contributed by atoms with Gasteiger partial charge < -0.3 is 10.1 Å². The van der Waals surface area contributed by atoms with Gasteiger partial charge in [0.1, 0.15) is 6.54 Å². The first-order chi connectivity index (χ1) is 10.5. The second-order valence-corrected chi connectivity index (χ2v) is 4.96. The van der Waals surface area contributed by atoms with Gasteiger partial charge in [-0.05, 0) is 18.2 Å². The van der Waals surface area contributed by atoms with E-state index in [4.69, 9.17) is 23.2 Å². The van der Waals surface area contributed by atoms with Crippen LogP contribution in [0.1, 0.15) is 0 Å². The lowest BCUT2D eigenvalue weighted by Crippen LogP contribution is -2.20. The summed E-state index contributed by atoms with van der Waals surface area (Å²) in [6.45, 7) is -0.146. The predicted octanol–water partition coefficient (Wildman–Crippen LogP) is 2.40. The Balaban J connectivity index is 1.96. The highest BCUT2D eigenvalue weighted by Gasteiger charge is 2.09. The summed E-state index contributed by atoms with van der Waals surface area (Å²) >= 11 is 11.7. The smallest absolute Gasteiger partial charge is 0.412 e. The number of rotatable bonds is 4. The Bertz CT molecular complexity index is 684. The van der Waals surface area contributed by atoms with Crippen molar-refractivity contribution < 1.29 is 14.3 Å². The van der Waals surface area contributed by atoms with Crippen LogP contribution in [0.25, 0.3) is 0 Å². The van der Waals surface area contributed by atoms with Crippen molar-refractivity contribution in [2.24, 2.45) is 0 Å². The van der Waals surface area contributed by atoms with Crippen molar-refractivity contribution in [1.29, 1.82) is 0 Å².